The first kappa shape index (κ1) is 26.0. The summed E-state index contributed by atoms with van der Waals surface area (Å²) in [5.74, 6) is 1.17. The molecule has 36 heavy (non-hydrogen) atoms. The molecule has 1 atom stereocenters. The molecule has 1 heterocycles. The van der Waals surface area contributed by atoms with Gasteiger partial charge < -0.3 is 4.90 Å². The Bertz CT molecular complexity index is 1330. The van der Waals surface area contributed by atoms with Crippen molar-refractivity contribution in [2.75, 3.05) is 11.9 Å². The number of hydrogen-bond acceptors (Lipinski definition) is 4. The number of urea groups is 1. The van der Waals surface area contributed by atoms with Crippen molar-refractivity contribution in [2.45, 2.75) is 26.1 Å². The lowest BCUT2D eigenvalue weighted by Gasteiger charge is -2.41. The number of carbonyl (C=O) groups is 4. The number of terminal acetylenes is 1. The number of hydrazine groups is 1. The van der Waals surface area contributed by atoms with Crippen LogP contribution in [0.1, 0.15) is 46.9 Å². The fourth-order valence-electron chi connectivity index (χ4n) is 4.10. The van der Waals surface area contributed by atoms with Crippen molar-refractivity contribution in [3.8, 4) is 12.3 Å². The van der Waals surface area contributed by atoms with E-state index in [0.29, 0.717) is 5.56 Å². The lowest BCUT2D eigenvalue weighted by Crippen LogP contribution is -2.49. The molecule has 0 saturated heterocycles. The molecular weight excluding hydrogens is 477 g/mol. The van der Waals surface area contributed by atoms with Crippen molar-refractivity contribution in [3.05, 3.63) is 76.0 Å². The van der Waals surface area contributed by atoms with E-state index in [1.165, 1.54) is 51.2 Å². The highest BCUT2D eigenvalue weighted by atomic mass is 19.4. The Morgan fingerprint density at radius 2 is 1.86 bits per heavy atom. The topological polar surface area (TPSA) is 98.8 Å². The molecule has 2 aromatic carbocycles. The number of allylic oxidation sites excluding steroid dienone is 1. The molecule has 0 fully saturated rings. The third-order valence-corrected chi connectivity index (χ3v) is 5.69. The Balaban J connectivity index is 2.24. The second-order valence-electron chi connectivity index (χ2n) is 7.90. The van der Waals surface area contributed by atoms with Crippen LogP contribution in [0.25, 0.3) is 0 Å². The zero-order valence-corrected chi connectivity index (χ0v) is 19.4. The number of Topliss-reactive ketones (excluding diaryl/α,β-unsaturated/α-hetero) is 1. The van der Waals surface area contributed by atoms with E-state index in [9.17, 15) is 32.3 Å². The monoisotopic (exact) mass is 498 g/mol. The third-order valence-electron chi connectivity index (χ3n) is 5.69. The van der Waals surface area contributed by atoms with Crippen LogP contribution in [-0.2, 0) is 15.8 Å². The molecule has 1 aliphatic rings. The number of nitrogens with one attached hydrogen (secondary N) is 2. The molecule has 1 aliphatic heterocycles. The zero-order chi connectivity index (χ0) is 26.8. The number of rotatable bonds is 6. The third kappa shape index (κ3) is 4.79. The smallest absolute Gasteiger partial charge is 0.316 e. The van der Waals surface area contributed by atoms with Crippen molar-refractivity contribution in [2.24, 2.45) is 0 Å². The van der Waals surface area contributed by atoms with Crippen LogP contribution in [-0.4, -0.2) is 36.1 Å². The Hall–Kier alpha value is -4.59. The first-order valence-electron chi connectivity index (χ1n) is 10.5. The Morgan fingerprint density at radius 3 is 2.44 bits per heavy atom. The SMILES string of the molecule is C#Cc1ccc(C2C(C(C)=O)=C(C)N(c3cccc(C(F)(F)F)c3)C(=O)N2C)c(C(=O)NNC=O)c1. The number of amides is 4. The van der Waals surface area contributed by atoms with Gasteiger partial charge in [0.2, 0.25) is 6.41 Å². The molecule has 4 amide bonds. The molecular formula is C25H21F3N4O4. The van der Waals surface area contributed by atoms with Crippen molar-refractivity contribution in [1.82, 2.24) is 15.8 Å². The van der Waals surface area contributed by atoms with E-state index in [4.69, 9.17) is 6.42 Å². The Morgan fingerprint density at radius 1 is 1.17 bits per heavy atom. The minimum absolute atomic E-state index is 0.0106. The average Bonchev–Trinajstić information content (AvgIpc) is 2.83. The highest BCUT2D eigenvalue weighted by molar-refractivity contribution is 6.06. The summed E-state index contributed by atoms with van der Waals surface area (Å²) in [6.45, 7) is 2.70. The lowest BCUT2D eigenvalue weighted by atomic mass is 9.87. The molecule has 0 spiro atoms. The van der Waals surface area contributed by atoms with E-state index in [-0.39, 0.29) is 34.5 Å². The number of likely N-dealkylation sites (N-methyl/N-ethyl adjacent to an activating group) is 1. The molecule has 1 unspecified atom stereocenters. The van der Waals surface area contributed by atoms with Crippen LogP contribution in [0.15, 0.2) is 53.7 Å². The normalized spacial score (nSPS) is 15.9. The van der Waals surface area contributed by atoms with E-state index in [2.05, 4.69) is 11.3 Å². The number of halogens is 3. The summed E-state index contributed by atoms with van der Waals surface area (Å²) in [6.07, 6.45) is 1.06. The summed E-state index contributed by atoms with van der Waals surface area (Å²) in [4.78, 5) is 51.9. The van der Waals surface area contributed by atoms with Crippen LogP contribution in [0.3, 0.4) is 0 Å². The number of nitrogens with zero attached hydrogens (tertiary/aromatic N) is 2. The van der Waals surface area contributed by atoms with Gasteiger partial charge in [0.05, 0.1) is 17.3 Å². The predicted octanol–water partition coefficient (Wildman–Crippen LogP) is 3.55. The second kappa shape index (κ2) is 9.95. The van der Waals surface area contributed by atoms with Crippen LogP contribution in [0.4, 0.5) is 23.7 Å². The van der Waals surface area contributed by atoms with Gasteiger partial charge >= 0.3 is 12.2 Å². The maximum atomic E-state index is 13.5. The molecule has 0 aromatic heterocycles. The maximum absolute atomic E-state index is 13.5. The number of ketones is 1. The van der Waals surface area contributed by atoms with E-state index in [0.717, 1.165) is 21.9 Å². The summed E-state index contributed by atoms with van der Waals surface area (Å²) < 4.78 is 39.9. The van der Waals surface area contributed by atoms with Crippen LogP contribution in [0, 0.1) is 12.3 Å². The second-order valence-corrected chi connectivity index (χ2v) is 7.90. The van der Waals surface area contributed by atoms with Crippen LogP contribution >= 0.6 is 0 Å². The van der Waals surface area contributed by atoms with Crippen LogP contribution in [0.2, 0.25) is 0 Å². The number of hydrogen-bond donors (Lipinski definition) is 2. The largest absolute Gasteiger partial charge is 0.416 e. The molecule has 11 heteroatoms. The summed E-state index contributed by atoms with van der Waals surface area (Å²) in [7, 11) is 1.36. The standard InChI is InChI=1S/C25H21F3N4O4/c1-5-16-9-10-19(20(11-16)23(35)30-29-13-33)22-21(15(3)34)14(2)32(24(36)31(22)4)18-8-6-7-17(12-18)25(26,27)28/h1,6-13,22H,2-4H3,(H,29,33)(H,30,35). The van der Waals surface area contributed by atoms with Crippen molar-refractivity contribution >= 4 is 29.8 Å². The molecule has 8 nitrogen and oxygen atoms in total. The van der Waals surface area contributed by atoms with Crippen LogP contribution in [0.5, 0.6) is 0 Å². The summed E-state index contributed by atoms with van der Waals surface area (Å²) in [5, 5.41) is 0. The van der Waals surface area contributed by atoms with Crippen LogP contribution < -0.4 is 15.8 Å². The van der Waals surface area contributed by atoms with Gasteiger partial charge in [0.1, 0.15) is 0 Å². The number of alkyl halides is 3. The highest BCUT2D eigenvalue weighted by Crippen LogP contribution is 2.41. The Labute approximate surface area is 204 Å². The van der Waals surface area contributed by atoms with E-state index >= 15 is 0 Å². The molecule has 0 aliphatic carbocycles. The van der Waals surface area contributed by atoms with E-state index in [1.54, 1.807) is 0 Å². The average molecular weight is 498 g/mol. The van der Waals surface area contributed by atoms with Gasteiger partial charge in [-0.2, -0.15) is 13.2 Å². The first-order valence-corrected chi connectivity index (χ1v) is 10.5. The van der Waals surface area contributed by atoms with E-state index in [1.807, 2.05) is 5.43 Å². The number of carbonyl (C=O) groups excluding carboxylic acids is 4. The van der Waals surface area contributed by atoms with Gasteiger partial charge in [0, 0.05) is 29.4 Å². The van der Waals surface area contributed by atoms with Gasteiger partial charge in [-0.15, -0.1) is 6.42 Å². The van der Waals surface area contributed by atoms with Gasteiger partial charge in [-0.05, 0) is 49.7 Å². The summed E-state index contributed by atoms with van der Waals surface area (Å²) >= 11 is 0. The summed E-state index contributed by atoms with van der Waals surface area (Å²) in [5.41, 5.74) is 3.90. The molecule has 0 saturated carbocycles. The molecule has 0 bridgehead atoms. The van der Waals surface area contributed by atoms with Gasteiger partial charge in [0.25, 0.3) is 5.91 Å². The molecule has 186 valence electrons. The summed E-state index contributed by atoms with van der Waals surface area (Å²) in [6, 6.07) is 6.76. The lowest BCUT2D eigenvalue weighted by molar-refractivity contribution is -0.137. The highest BCUT2D eigenvalue weighted by Gasteiger charge is 2.41. The number of anilines is 1. The molecule has 3 rings (SSSR count). The van der Waals surface area contributed by atoms with Crippen molar-refractivity contribution < 1.29 is 32.3 Å². The van der Waals surface area contributed by atoms with Gasteiger partial charge in [-0.1, -0.05) is 18.1 Å². The minimum Gasteiger partial charge on any atom is -0.316 e. The fraction of sp³-hybridized carbons (Fsp3) is 0.200. The van der Waals surface area contributed by atoms with Gasteiger partial charge in [0.15, 0.2) is 5.78 Å². The first-order chi connectivity index (χ1) is 16.9. The number of benzene rings is 2. The zero-order valence-electron chi connectivity index (χ0n) is 19.4. The van der Waals surface area contributed by atoms with Crippen molar-refractivity contribution in [1.29, 1.82) is 0 Å². The quantitative estimate of drug-likeness (QED) is 0.362. The molecule has 2 N–H and O–H groups in total. The van der Waals surface area contributed by atoms with E-state index < -0.39 is 35.5 Å². The maximum Gasteiger partial charge on any atom is 0.416 e. The van der Waals surface area contributed by atoms with Gasteiger partial charge in [-0.25, -0.2) is 4.79 Å². The fourth-order valence-corrected chi connectivity index (χ4v) is 4.10. The van der Waals surface area contributed by atoms with Crippen molar-refractivity contribution in [3.63, 3.8) is 0 Å². The molecule has 2 aromatic rings. The van der Waals surface area contributed by atoms with Gasteiger partial charge in [-0.3, -0.25) is 30.1 Å². The Kier molecular flexibility index (Phi) is 7.19. The molecule has 0 radical (unpaired) electrons. The predicted molar refractivity (Wildman–Crippen MR) is 124 cm³/mol. The minimum atomic E-state index is -4.64.